The number of morpholine rings is 1. The maximum atomic E-state index is 13.7. The van der Waals surface area contributed by atoms with Gasteiger partial charge in [-0.2, -0.15) is 4.31 Å². The maximum Gasteiger partial charge on any atom is 0.341 e. The van der Waals surface area contributed by atoms with Crippen LogP contribution in [0.4, 0.5) is 4.39 Å². The van der Waals surface area contributed by atoms with E-state index in [-0.39, 0.29) is 35.2 Å². The van der Waals surface area contributed by atoms with Crippen molar-refractivity contribution in [1.82, 2.24) is 4.31 Å². The van der Waals surface area contributed by atoms with Gasteiger partial charge < -0.3 is 9.47 Å². The summed E-state index contributed by atoms with van der Waals surface area (Å²) in [6.45, 7) is 1.08. The van der Waals surface area contributed by atoms with E-state index in [2.05, 4.69) is 0 Å². The number of rotatable bonds is 5. The van der Waals surface area contributed by atoms with Gasteiger partial charge in [-0.15, -0.1) is 0 Å². The molecular weight excluding hydrogens is 397 g/mol. The van der Waals surface area contributed by atoms with Crippen LogP contribution in [0.3, 0.4) is 0 Å². The molecule has 27 heavy (non-hydrogen) atoms. The summed E-state index contributed by atoms with van der Waals surface area (Å²) in [4.78, 5) is 12.2. The van der Waals surface area contributed by atoms with Gasteiger partial charge in [0.05, 0.1) is 23.7 Å². The van der Waals surface area contributed by atoms with Gasteiger partial charge in [0.15, 0.2) is 0 Å². The van der Waals surface area contributed by atoms with Crippen LogP contribution in [0.25, 0.3) is 0 Å². The topological polar surface area (TPSA) is 72.9 Å². The molecule has 0 bridgehead atoms. The standard InChI is InChI=1S/C18H17ClFNO5S/c19-14-4-5-17(20)16(11-14)18(22)26-12-13-2-1-3-15(10-13)27(23,24)21-6-8-25-9-7-21/h1-5,10-11H,6-9,12H2. The Morgan fingerprint density at radius 2 is 1.93 bits per heavy atom. The number of hydrogen-bond donors (Lipinski definition) is 0. The smallest absolute Gasteiger partial charge is 0.341 e. The number of sulfonamides is 1. The van der Waals surface area contributed by atoms with Crippen molar-refractivity contribution in [3.8, 4) is 0 Å². The first-order chi connectivity index (χ1) is 12.9. The minimum Gasteiger partial charge on any atom is -0.457 e. The molecule has 144 valence electrons. The predicted molar refractivity (Wildman–Crippen MR) is 96.5 cm³/mol. The molecule has 6 nitrogen and oxygen atoms in total. The number of ether oxygens (including phenoxy) is 2. The lowest BCUT2D eigenvalue weighted by molar-refractivity contribution is 0.0467. The molecule has 0 aliphatic carbocycles. The molecule has 1 saturated heterocycles. The van der Waals surface area contributed by atoms with Gasteiger partial charge in [-0.05, 0) is 35.9 Å². The quantitative estimate of drug-likeness (QED) is 0.705. The van der Waals surface area contributed by atoms with Gasteiger partial charge in [0, 0.05) is 18.1 Å². The number of hydrogen-bond acceptors (Lipinski definition) is 5. The van der Waals surface area contributed by atoms with E-state index >= 15 is 0 Å². The largest absolute Gasteiger partial charge is 0.457 e. The second-order valence-corrected chi connectivity index (χ2v) is 8.24. The zero-order valence-corrected chi connectivity index (χ0v) is 15.8. The summed E-state index contributed by atoms with van der Waals surface area (Å²) >= 11 is 5.77. The Bertz CT molecular complexity index is 945. The molecule has 1 aliphatic rings. The van der Waals surface area contributed by atoms with Crippen LogP contribution in [0.1, 0.15) is 15.9 Å². The Balaban J connectivity index is 1.72. The number of carbonyl (C=O) groups excluding carboxylic acids is 1. The molecule has 2 aromatic carbocycles. The Morgan fingerprint density at radius 1 is 1.19 bits per heavy atom. The predicted octanol–water partition coefficient (Wildman–Crippen LogP) is 2.86. The van der Waals surface area contributed by atoms with Crippen molar-refractivity contribution in [2.45, 2.75) is 11.5 Å². The Hall–Kier alpha value is -2.00. The van der Waals surface area contributed by atoms with E-state index in [9.17, 15) is 17.6 Å². The Morgan fingerprint density at radius 3 is 2.67 bits per heavy atom. The summed E-state index contributed by atoms with van der Waals surface area (Å²) in [5.41, 5.74) is 0.194. The summed E-state index contributed by atoms with van der Waals surface area (Å²) in [5.74, 6) is -1.62. The van der Waals surface area contributed by atoms with Gasteiger partial charge in [0.1, 0.15) is 12.4 Å². The van der Waals surface area contributed by atoms with E-state index in [0.29, 0.717) is 18.8 Å². The molecular formula is C18H17ClFNO5S. The van der Waals surface area contributed by atoms with Crippen molar-refractivity contribution < 1.29 is 27.1 Å². The zero-order valence-electron chi connectivity index (χ0n) is 14.2. The zero-order chi connectivity index (χ0) is 19.4. The monoisotopic (exact) mass is 413 g/mol. The third-order valence-electron chi connectivity index (χ3n) is 4.02. The minimum atomic E-state index is -3.65. The molecule has 0 radical (unpaired) electrons. The molecule has 2 aromatic rings. The highest BCUT2D eigenvalue weighted by Gasteiger charge is 2.26. The summed E-state index contributed by atoms with van der Waals surface area (Å²) in [7, 11) is -3.65. The van der Waals surface area contributed by atoms with Crippen LogP contribution < -0.4 is 0 Å². The molecule has 1 aliphatic heterocycles. The van der Waals surface area contributed by atoms with Crippen LogP contribution in [0.15, 0.2) is 47.4 Å². The van der Waals surface area contributed by atoms with E-state index in [1.807, 2.05) is 0 Å². The van der Waals surface area contributed by atoms with E-state index in [4.69, 9.17) is 21.1 Å². The van der Waals surface area contributed by atoms with Crippen molar-refractivity contribution in [1.29, 1.82) is 0 Å². The maximum absolute atomic E-state index is 13.7. The third kappa shape index (κ3) is 4.65. The molecule has 0 N–H and O–H groups in total. The summed E-state index contributed by atoms with van der Waals surface area (Å²) < 4.78 is 50.7. The van der Waals surface area contributed by atoms with Gasteiger partial charge in [0.2, 0.25) is 10.0 Å². The molecule has 0 atom stereocenters. The molecule has 3 rings (SSSR count). The number of nitrogens with zero attached hydrogens (tertiary/aromatic N) is 1. The Labute approximate surface area is 161 Å². The van der Waals surface area contributed by atoms with Gasteiger partial charge in [0.25, 0.3) is 0 Å². The van der Waals surface area contributed by atoms with Gasteiger partial charge in [-0.25, -0.2) is 17.6 Å². The highest BCUT2D eigenvalue weighted by Crippen LogP contribution is 2.20. The molecule has 1 heterocycles. The highest BCUT2D eigenvalue weighted by atomic mass is 35.5. The number of esters is 1. The van der Waals surface area contributed by atoms with E-state index in [1.165, 1.54) is 28.6 Å². The van der Waals surface area contributed by atoms with E-state index < -0.39 is 21.8 Å². The minimum absolute atomic E-state index is 0.104. The van der Waals surface area contributed by atoms with Gasteiger partial charge in [-0.1, -0.05) is 23.7 Å². The van der Waals surface area contributed by atoms with Crippen LogP contribution >= 0.6 is 11.6 Å². The highest BCUT2D eigenvalue weighted by molar-refractivity contribution is 7.89. The van der Waals surface area contributed by atoms with Crippen molar-refractivity contribution in [3.63, 3.8) is 0 Å². The fourth-order valence-electron chi connectivity index (χ4n) is 2.61. The first-order valence-corrected chi connectivity index (χ1v) is 9.99. The van der Waals surface area contributed by atoms with Gasteiger partial charge >= 0.3 is 5.97 Å². The van der Waals surface area contributed by atoms with E-state index in [1.54, 1.807) is 12.1 Å². The molecule has 0 aromatic heterocycles. The fourth-order valence-corrected chi connectivity index (χ4v) is 4.26. The summed E-state index contributed by atoms with van der Waals surface area (Å²) in [6, 6.07) is 9.69. The van der Waals surface area contributed by atoms with Crippen LogP contribution in [0.5, 0.6) is 0 Å². The first-order valence-electron chi connectivity index (χ1n) is 8.17. The number of halogens is 2. The second-order valence-electron chi connectivity index (χ2n) is 5.86. The average Bonchev–Trinajstić information content (AvgIpc) is 2.69. The lowest BCUT2D eigenvalue weighted by Crippen LogP contribution is -2.40. The van der Waals surface area contributed by atoms with Crippen molar-refractivity contribution in [3.05, 3.63) is 64.4 Å². The normalized spacial score (nSPS) is 15.5. The molecule has 0 spiro atoms. The lowest BCUT2D eigenvalue weighted by Gasteiger charge is -2.26. The molecule has 0 amide bonds. The Kier molecular flexibility index (Phi) is 6.11. The first kappa shape index (κ1) is 19.8. The lowest BCUT2D eigenvalue weighted by atomic mass is 10.2. The summed E-state index contributed by atoms with van der Waals surface area (Å²) in [5, 5.41) is 0.210. The van der Waals surface area contributed by atoms with Crippen molar-refractivity contribution in [2.24, 2.45) is 0 Å². The number of carbonyl (C=O) groups is 1. The van der Waals surface area contributed by atoms with Crippen LogP contribution in [-0.2, 0) is 26.1 Å². The van der Waals surface area contributed by atoms with Crippen molar-refractivity contribution in [2.75, 3.05) is 26.3 Å². The SMILES string of the molecule is O=C(OCc1cccc(S(=O)(=O)N2CCOCC2)c1)c1cc(Cl)ccc1F. The van der Waals surface area contributed by atoms with Crippen LogP contribution in [0.2, 0.25) is 5.02 Å². The molecule has 1 fully saturated rings. The second kappa shape index (κ2) is 8.35. The third-order valence-corrected chi connectivity index (χ3v) is 6.15. The molecule has 9 heteroatoms. The van der Waals surface area contributed by atoms with Gasteiger partial charge in [-0.3, -0.25) is 0 Å². The van der Waals surface area contributed by atoms with E-state index in [0.717, 1.165) is 6.07 Å². The molecule has 0 unspecified atom stereocenters. The fraction of sp³-hybridized carbons (Fsp3) is 0.278. The van der Waals surface area contributed by atoms with Crippen molar-refractivity contribution >= 4 is 27.6 Å². The summed E-state index contributed by atoms with van der Waals surface area (Å²) in [6.07, 6.45) is 0. The molecule has 0 saturated carbocycles. The van der Waals surface area contributed by atoms with Crippen LogP contribution in [-0.4, -0.2) is 45.0 Å². The van der Waals surface area contributed by atoms with Crippen LogP contribution in [0, 0.1) is 5.82 Å². The number of benzene rings is 2. The average molecular weight is 414 g/mol.